The Labute approximate surface area is 103 Å². The normalized spacial score (nSPS) is 24.4. The zero-order chi connectivity index (χ0) is 12.1. The third-order valence-corrected chi connectivity index (χ3v) is 3.27. The van der Waals surface area contributed by atoms with Crippen LogP contribution in [0.4, 0.5) is 0 Å². The maximum atomic E-state index is 5.97. The molecule has 17 heavy (non-hydrogen) atoms. The van der Waals surface area contributed by atoms with Crippen LogP contribution in [0.3, 0.4) is 0 Å². The largest absolute Gasteiger partial charge is 0.379 e. The van der Waals surface area contributed by atoms with Crippen molar-refractivity contribution in [3.05, 3.63) is 30.1 Å². The van der Waals surface area contributed by atoms with Crippen LogP contribution < -0.4 is 5.73 Å². The van der Waals surface area contributed by atoms with Crippen LogP contribution in [-0.2, 0) is 11.2 Å². The van der Waals surface area contributed by atoms with Gasteiger partial charge in [-0.05, 0) is 19.2 Å². The Morgan fingerprint density at radius 1 is 1.47 bits per heavy atom. The molecule has 0 bridgehead atoms. The Hall–Kier alpha value is -0.970. The fourth-order valence-corrected chi connectivity index (χ4v) is 2.15. The van der Waals surface area contributed by atoms with Gasteiger partial charge in [0.1, 0.15) is 0 Å². The molecule has 1 aliphatic heterocycles. The number of ether oxygens (including phenoxy) is 1. The Morgan fingerprint density at radius 3 is 3.00 bits per heavy atom. The lowest BCUT2D eigenvalue weighted by molar-refractivity contribution is 0.174. The number of hydrogen-bond acceptors (Lipinski definition) is 4. The van der Waals surface area contributed by atoms with E-state index in [9.17, 15) is 0 Å². The fourth-order valence-electron chi connectivity index (χ4n) is 2.15. The maximum absolute atomic E-state index is 5.97. The molecule has 0 amide bonds. The molecular formula is C13H21N3O. The molecule has 0 aliphatic carbocycles. The van der Waals surface area contributed by atoms with Gasteiger partial charge in [-0.25, -0.2) is 0 Å². The van der Waals surface area contributed by atoms with E-state index in [1.165, 1.54) is 0 Å². The van der Waals surface area contributed by atoms with E-state index < -0.39 is 0 Å². The summed E-state index contributed by atoms with van der Waals surface area (Å²) in [5.74, 6) is 0.476. The van der Waals surface area contributed by atoms with Crippen LogP contribution in [0.1, 0.15) is 5.69 Å². The number of nitrogens with two attached hydrogens (primary N) is 1. The van der Waals surface area contributed by atoms with Gasteiger partial charge < -0.3 is 15.4 Å². The topological polar surface area (TPSA) is 51.4 Å². The van der Waals surface area contributed by atoms with Crippen LogP contribution in [0.15, 0.2) is 24.4 Å². The smallest absolute Gasteiger partial charge is 0.0621 e. The molecular weight excluding hydrogens is 214 g/mol. The molecule has 2 rings (SSSR count). The number of hydrogen-bond donors (Lipinski definition) is 1. The van der Waals surface area contributed by atoms with Gasteiger partial charge in [0.15, 0.2) is 0 Å². The predicted molar refractivity (Wildman–Crippen MR) is 67.7 cm³/mol. The molecule has 0 spiro atoms. The van der Waals surface area contributed by atoms with Crippen LogP contribution in [0.2, 0.25) is 0 Å². The van der Waals surface area contributed by atoms with Crippen molar-refractivity contribution in [3.63, 3.8) is 0 Å². The van der Waals surface area contributed by atoms with Crippen LogP contribution >= 0.6 is 0 Å². The summed E-state index contributed by atoms with van der Waals surface area (Å²) in [7, 11) is 2.13. The highest BCUT2D eigenvalue weighted by atomic mass is 16.5. The lowest BCUT2D eigenvalue weighted by Gasteiger charge is -2.22. The number of rotatable bonds is 5. The van der Waals surface area contributed by atoms with Gasteiger partial charge >= 0.3 is 0 Å². The van der Waals surface area contributed by atoms with E-state index in [0.717, 1.165) is 31.8 Å². The predicted octanol–water partition coefficient (Wildman–Crippen LogP) is 0.530. The summed E-state index contributed by atoms with van der Waals surface area (Å²) in [4.78, 5) is 6.63. The van der Waals surface area contributed by atoms with Crippen molar-refractivity contribution < 1.29 is 4.74 Å². The average molecular weight is 235 g/mol. The Morgan fingerprint density at radius 2 is 2.35 bits per heavy atom. The third-order valence-electron chi connectivity index (χ3n) is 3.27. The highest BCUT2D eigenvalue weighted by Crippen LogP contribution is 2.12. The quantitative estimate of drug-likeness (QED) is 0.809. The lowest BCUT2D eigenvalue weighted by Crippen LogP contribution is -2.37. The molecule has 1 saturated heterocycles. The second-order valence-corrected chi connectivity index (χ2v) is 4.79. The van der Waals surface area contributed by atoms with Gasteiger partial charge in [-0.3, -0.25) is 4.98 Å². The minimum Gasteiger partial charge on any atom is -0.379 e. The van der Waals surface area contributed by atoms with Crippen LogP contribution in [0, 0.1) is 5.92 Å². The highest BCUT2D eigenvalue weighted by molar-refractivity contribution is 5.03. The first-order valence-corrected chi connectivity index (χ1v) is 6.17. The molecule has 2 unspecified atom stereocenters. The first-order valence-electron chi connectivity index (χ1n) is 6.17. The minimum absolute atomic E-state index is 0.201. The van der Waals surface area contributed by atoms with Gasteiger partial charge in [0.05, 0.1) is 13.2 Å². The molecule has 4 heteroatoms. The molecule has 1 fully saturated rings. The first kappa shape index (κ1) is 12.5. The number of aromatic nitrogens is 1. The van der Waals surface area contributed by atoms with Gasteiger partial charge in [0.2, 0.25) is 0 Å². The van der Waals surface area contributed by atoms with Crippen molar-refractivity contribution in [3.8, 4) is 0 Å². The molecule has 2 atom stereocenters. The fraction of sp³-hybridized carbons (Fsp3) is 0.615. The second kappa shape index (κ2) is 6.10. The van der Waals surface area contributed by atoms with Gasteiger partial charge in [-0.15, -0.1) is 0 Å². The van der Waals surface area contributed by atoms with Crippen molar-refractivity contribution in [2.24, 2.45) is 11.7 Å². The van der Waals surface area contributed by atoms with E-state index in [1.807, 2.05) is 18.3 Å². The van der Waals surface area contributed by atoms with Crippen LogP contribution in [0.5, 0.6) is 0 Å². The summed E-state index contributed by atoms with van der Waals surface area (Å²) in [6, 6.07) is 6.25. The van der Waals surface area contributed by atoms with E-state index in [1.54, 1.807) is 0 Å². The van der Waals surface area contributed by atoms with Gasteiger partial charge in [0.25, 0.3) is 0 Å². The van der Waals surface area contributed by atoms with Gasteiger partial charge in [-0.2, -0.15) is 0 Å². The van der Waals surface area contributed by atoms with Crippen molar-refractivity contribution in [2.75, 3.05) is 33.4 Å². The molecule has 0 aromatic carbocycles. The summed E-state index contributed by atoms with van der Waals surface area (Å²) >= 11 is 0. The highest BCUT2D eigenvalue weighted by Gasteiger charge is 2.25. The SMILES string of the molecule is CN(CCc1ccccn1)CC1COCC1N. The summed E-state index contributed by atoms with van der Waals surface area (Å²) in [6.45, 7) is 3.53. The van der Waals surface area contributed by atoms with Crippen molar-refractivity contribution >= 4 is 0 Å². The standard InChI is InChI=1S/C13H21N3O/c1-16(8-11-9-17-10-13(11)14)7-5-12-4-2-3-6-15-12/h2-4,6,11,13H,5,7-10,14H2,1H3. The molecule has 2 N–H and O–H groups in total. The van der Waals surface area contributed by atoms with E-state index in [-0.39, 0.29) is 6.04 Å². The average Bonchev–Trinajstić information content (AvgIpc) is 2.74. The molecule has 1 aromatic heterocycles. The molecule has 0 saturated carbocycles. The van der Waals surface area contributed by atoms with Gasteiger partial charge in [0, 0.05) is 43.4 Å². The van der Waals surface area contributed by atoms with E-state index in [4.69, 9.17) is 10.5 Å². The van der Waals surface area contributed by atoms with Crippen molar-refractivity contribution in [1.82, 2.24) is 9.88 Å². The van der Waals surface area contributed by atoms with E-state index >= 15 is 0 Å². The zero-order valence-corrected chi connectivity index (χ0v) is 10.4. The molecule has 0 radical (unpaired) electrons. The lowest BCUT2D eigenvalue weighted by atomic mass is 10.0. The Kier molecular flexibility index (Phi) is 4.48. The maximum Gasteiger partial charge on any atom is 0.0621 e. The summed E-state index contributed by atoms with van der Waals surface area (Å²) < 4.78 is 5.37. The Bertz CT molecular complexity index is 331. The number of pyridine rings is 1. The van der Waals surface area contributed by atoms with Gasteiger partial charge in [-0.1, -0.05) is 6.07 Å². The summed E-state index contributed by atoms with van der Waals surface area (Å²) in [6.07, 6.45) is 2.83. The monoisotopic (exact) mass is 235 g/mol. The number of nitrogens with zero attached hydrogens (tertiary/aromatic N) is 2. The summed E-state index contributed by atoms with van der Waals surface area (Å²) in [5, 5.41) is 0. The van der Waals surface area contributed by atoms with E-state index in [0.29, 0.717) is 12.5 Å². The molecule has 4 nitrogen and oxygen atoms in total. The number of likely N-dealkylation sites (N-methyl/N-ethyl adjacent to an activating group) is 1. The molecule has 94 valence electrons. The second-order valence-electron chi connectivity index (χ2n) is 4.79. The van der Waals surface area contributed by atoms with Crippen LogP contribution in [0.25, 0.3) is 0 Å². The van der Waals surface area contributed by atoms with Crippen LogP contribution in [-0.4, -0.2) is 49.3 Å². The van der Waals surface area contributed by atoms with Crippen molar-refractivity contribution in [1.29, 1.82) is 0 Å². The Balaban J connectivity index is 1.72. The van der Waals surface area contributed by atoms with Crippen molar-refractivity contribution in [2.45, 2.75) is 12.5 Å². The molecule has 1 aliphatic rings. The third kappa shape index (κ3) is 3.77. The minimum atomic E-state index is 0.201. The molecule has 1 aromatic rings. The first-order chi connectivity index (χ1) is 8.25. The van der Waals surface area contributed by atoms with E-state index in [2.05, 4.69) is 23.0 Å². The zero-order valence-electron chi connectivity index (χ0n) is 10.4. The summed E-state index contributed by atoms with van der Waals surface area (Å²) in [5.41, 5.74) is 7.12. The molecule has 2 heterocycles.